The lowest BCUT2D eigenvalue weighted by Crippen LogP contribution is -2.40. The minimum atomic E-state index is -3.87. The van der Waals surface area contributed by atoms with Gasteiger partial charge in [0.25, 0.3) is 0 Å². The number of rotatable bonds is 4. The summed E-state index contributed by atoms with van der Waals surface area (Å²) in [7, 11) is -3.87. The Kier molecular flexibility index (Phi) is 4.45. The molecule has 1 aliphatic rings. The molecule has 1 aromatic carbocycles. The van der Waals surface area contributed by atoms with Gasteiger partial charge in [-0.1, -0.05) is 18.0 Å². The zero-order valence-electron chi connectivity index (χ0n) is 10.3. The summed E-state index contributed by atoms with van der Waals surface area (Å²) < 4.78 is 40.5. The molecule has 0 unspecified atom stereocenters. The summed E-state index contributed by atoms with van der Waals surface area (Å²) in [4.78, 5) is -0.375. The van der Waals surface area contributed by atoms with Gasteiger partial charge in [-0.25, -0.2) is 17.5 Å². The van der Waals surface area contributed by atoms with Gasteiger partial charge in [0.05, 0.1) is 0 Å². The Morgan fingerprint density at radius 1 is 1.42 bits per heavy atom. The smallest absolute Gasteiger partial charge is 0.243 e. The van der Waals surface area contributed by atoms with Crippen molar-refractivity contribution in [2.45, 2.75) is 30.2 Å². The number of nitrogens with two attached hydrogens (primary N) is 1. The molecule has 106 valence electrons. The van der Waals surface area contributed by atoms with Crippen LogP contribution in [0.4, 0.5) is 4.39 Å². The van der Waals surface area contributed by atoms with E-state index in [1.54, 1.807) is 0 Å². The fourth-order valence-corrected chi connectivity index (χ4v) is 3.99. The lowest BCUT2D eigenvalue weighted by atomic mass is 10.1. The predicted octanol–water partition coefficient (Wildman–Crippen LogP) is 1.88. The molecule has 1 aromatic rings. The Hall–Kier alpha value is -0.690. The summed E-state index contributed by atoms with van der Waals surface area (Å²) in [6.45, 7) is 0.427. The minimum absolute atomic E-state index is 0.116. The Balaban J connectivity index is 2.23. The van der Waals surface area contributed by atoms with Crippen molar-refractivity contribution in [3.8, 4) is 0 Å². The number of halogens is 2. The van der Waals surface area contributed by atoms with Crippen molar-refractivity contribution in [3.05, 3.63) is 29.0 Å². The van der Waals surface area contributed by atoms with Gasteiger partial charge in [-0.2, -0.15) is 0 Å². The third-order valence-electron chi connectivity index (χ3n) is 3.45. The van der Waals surface area contributed by atoms with Gasteiger partial charge in [0.15, 0.2) is 0 Å². The van der Waals surface area contributed by atoms with Crippen molar-refractivity contribution in [1.82, 2.24) is 4.72 Å². The van der Waals surface area contributed by atoms with Crippen molar-refractivity contribution >= 4 is 21.6 Å². The lowest BCUT2D eigenvalue weighted by Gasteiger charge is -2.19. The molecule has 0 amide bonds. The van der Waals surface area contributed by atoms with Gasteiger partial charge < -0.3 is 5.73 Å². The van der Waals surface area contributed by atoms with Gasteiger partial charge in [-0.05, 0) is 43.5 Å². The largest absolute Gasteiger partial charge is 0.330 e. The first-order valence-corrected chi connectivity index (χ1v) is 7.97. The van der Waals surface area contributed by atoms with Crippen LogP contribution in [0.1, 0.15) is 19.3 Å². The first kappa shape index (κ1) is 14.7. The molecule has 0 aliphatic heterocycles. The molecule has 1 fully saturated rings. The van der Waals surface area contributed by atoms with Crippen molar-refractivity contribution < 1.29 is 12.8 Å². The summed E-state index contributed by atoms with van der Waals surface area (Å²) >= 11 is 5.61. The van der Waals surface area contributed by atoms with E-state index in [1.165, 1.54) is 12.1 Å². The molecule has 1 saturated carbocycles. The summed E-state index contributed by atoms with van der Waals surface area (Å²) in [6, 6.07) is 3.30. The average molecular weight is 307 g/mol. The van der Waals surface area contributed by atoms with Crippen LogP contribution in [-0.2, 0) is 10.0 Å². The van der Waals surface area contributed by atoms with Crippen LogP contribution >= 0.6 is 11.6 Å². The molecular formula is C12H16ClFN2O2S. The summed E-state index contributed by atoms with van der Waals surface area (Å²) in [6.07, 6.45) is 2.56. The lowest BCUT2D eigenvalue weighted by molar-refractivity contribution is 0.451. The van der Waals surface area contributed by atoms with Crippen molar-refractivity contribution in [1.29, 1.82) is 0 Å². The molecule has 0 heterocycles. The number of hydrogen-bond acceptors (Lipinski definition) is 3. The molecule has 19 heavy (non-hydrogen) atoms. The van der Waals surface area contributed by atoms with Crippen LogP contribution in [-0.4, -0.2) is 21.0 Å². The van der Waals surface area contributed by atoms with Crippen LogP contribution < -0.4 is 10.5 Å². The Morgan fingerprint density at radius 2 is 2.16 bits per heavy atom. The topological polar surface area (TPSA) is 72.2 Å². The van der Waals surface area contributed by atoms with E-state index >= 15 is 0 Å². The second-order valence-corrected chi connectivity index (χ2v) is 6.85. The van der Waals surface area contributed by atoms with Crippen LogP contribution in [0.2, 0.25) is 5.02 Å². The zero-order valence-corrected chi connectivity index (χ0v) is 11.8. The third kappa shape index (κ3) is 3.25. The fraction of sp³-hybridized carbons (Fsp3) is 0.500. The van der Waals surface area contributed by atoms with E-state index in [2.05, 4.69) is 4.72 Å². The van der Waals surface area contributed by atoms with Crippen LogP contribution in [0.25, 0.3) is 0 Å². The number of hydrogen-bond donors (Lipinski definition) is 2. The highest BCUT2D eigenvalue weighted by molar-refractivity contribution is 7.89. The van der Waals surface area contributed by atoms with Gasteiger partial charge in [0.2, 0.25) is 10.0 Å². The molecular weight excluding hydrogens is 291 g/mol. The normalized spacial score (nSPS) is 23.7. The third-order valence-corrected chi connectivity index (χ3v) is 5.21. The zero-order chi connectivity index (χ0) is 14.0. The van der Waals surface area contributed by atoms with Crippen molar-refractivity contribution in [2.75, 3.05) is 6.54 Å². The Bertz CT molecular complexity index is 565. The standard InChI is InChI=1S/C12H16ClFN2O2S/c13-9-4-5-12(10(14)6-9)19(17,18)16-11-3-1-2-8(11)7-15/h4-6,8,11,16H,1-3,7,15H2/t8-,11-/m0/s1. The monoisotopic (exact) mass is 306 g/mol. The molecule has 2 atom stereocenters. The molecule has 7 heteroatoms. The van der Waals surface area contributed by atoms with E-state index in [0.717, 1.165) is 25.3 Å². The molecule has 0 aromatic heterocycles. The minimum Gasteiger partial charge on any atom is -0.330 e. The molecule has 1 aliphatic carbocycles. The van der Waals surface area contributed by atoms with E-state index in [-0.39, 0.29) is 21.9 Å². The van der Waals surface area contributed by atoms with Gasteiger partial charge >= 0.3 is 0 Å². The first-order valence-electron chi connectivity index (χ1n) is 6.11. The van der Waals surface area contributed by atoms with E-state index in [0.29, 0.717) is 6.54 Å². The molecule has 0 radical (unpaired) electrons. The highest BCUT2D eigenvalue weighted by atomic mass is 35.5. The van der Waals surface area contributed by atoms with E-state index in [9.17, 15) is 12.8 Å². The Labute approximate surface area is 117 Å². The highest BCUT2D eigenvalue weighted by Crippen LogP contribution is 2.27. The van der Waals surface area contributed by atoms with Gasteiger partial charge in [0, 0.05) is 11.1 Å². The quantitative estimate of drug-likeness (QED) is 0.892. The second-order valence-electron chi connectivity index (χ2n) is 4.73. The van der Waals surface area contributed by atoms with Crippen molar-refractivity contribution in [2.24, 2.45) is 11.7 Å². The average Bonchev–Trinajstić information content (AvgIpc) is 2.74. The summed E-state index contributed by atoms with van der Waals surface area (Å²) in [5.41, 5.74) is 5.61. The number of sulfonamides is 1. The van der Waals surface area contributed by atoms with E-state index in [1.807, 2.05) is 0 Å². The van der Waals surface area contributed by atoms with Gasteiger partial charge in [-0.15, -0.1) is 0 Å². The maximum Gasteiger partial charge on any atom is 0.243 e. The molecule has 4 nitrogen and oxygen atoms in total. The van der Waals surface area contributed by atoms with Gasteiger partial charge in [0.1, 0.15) is 10.7 Å². The van der Waals surface area contributed by atoms with Crippen LogP contribution in [0.5, 0.6) is 0 Å². The van der Waals surface area contributed by atoms with Crippen LogP contribution in [0, 0.1) is 11.7 Å². The number of nitrogens with one attached hydrogen (secondary N) is 1. The predicted molar refractivity (Wildman–Crippen MR) is 71.9 cm³/mol. The number of benzene rings is 1. The maximum atomic E-state index is 13.7. The van der Waals surface area contributed by atoms with E-state index in [4.69, 9.17) is 17.3 Å². The fourth-order valence-electron chi connectivity index (χ4n) is 2.43. The SMILES string of the molecule is NC[C@@H]1CCC[C@@H]1NS(=O)(=O)c1ccc(Cl)cc1F. The summed E-state index contributed by atoms with van der Waals surface area (Å²) in [5, 5.41) is 0.164. The second kappa shape index (κ2) is 5.75. The van der Waals surface area contributed by atoms with Gasteiger partial charge in [-0.3, -0.25) is 0 Å². The Morgan fingerprint density at radius 3 is 2.79 bits per heavy atom. The molecule has 0 saturated heterocycles. The molecule has 0 bridgehead atoms. The summed E-state index contributed by atoms with van der Waals surface area (Å²) in [5.74, 6) is -0.729. The highest BCUT2D eigenvalue weighted by Gasteiger charge is 2.31. The van der Waals surface area contributed by atoms with Crippen LogP contribution in [0.15, 0.2) is 23.1 Å². The van der Waals surface area contributed by atoms with E-state index < -0.39 is 15.8 Å². The maximum absolute atomic E-state index is 13.7. The molecule has 0 spiro atoms. The van der Waals surface area contributed by atoms with Crippen LogP contribution in [0.3, 0.4) is 0 Å². The molecule has 2 rings (SSSR count). The van der Waals surface area contributed by atoms with Crippen molar-refractivity contribution in [3.63, 3.8) is 0 Å². The first-order chi connectivity index (χ1) is 8.94. The molecule has 3 N–H and O–H groups in total.